The van der Waals surface area contributed by atoms with Crippen LogP contribution >= 0.6 is 0 Å². The summed E-state index contributed by atoms with van der Waals surface area (Å²) >= 11 is 0. The second-order valence-electron chi connectivity index (χ2n) is 5.49. The smallest absolute Gasteiger partial charge is 0.261 e. The van der Waals surface area contributed by atoms with E-state index in [1.165, 1.54) is 0 Å². The van der Waals surface area contributed by atoms with Crippen LogP contribution in [0.5, 0.6) is 5.75 Å². The number of fused-ring (bicyclic) bond motifs is 1. The number of ether oxygens (including phenoxy) is 1. The zero-order valence-electron chi connectivity index (χ0n) is 13.8. The first-order valence-corrected chi connectivity index (χ1v) is 9.07. The first kappa shape index (κ1) is 16.3. The number of rotatable bonds is 5. The number of aromatic nitrogens is 2. The number of hydrogen-bond acceptors (Lipinski definition) is 4. The molecule has 0 fully saturated rings. The predicted molar refractivity (Wildman–Crippen MR) is 93.9 cm³/mol. The van der Waals surface area contributed by atoms with Gasteiger partial charge >= 0.3 is 0 Å². The van der Waals surface area contributed by atoms with Crippen LogP contribution < -0.4 is 9.46 Å². The van der Waals surface area contributed by atoms with Crippen LogP contribution in [0.4, 0.5) is 5.69 Å². The van der Waals surface area contributed by atoms with Crippen molar-refractivity contribution in [2.45, 2.75) is 18.7 Å². The van der Waals surface area contributed by atoms with E-state index in [-0.39, 0.29) is 4.90 Å². The fraction of sp³-hybridized carbons (Fsp3) is 0.235. The Kier molecular flexibility index (Phi) is 4.19. The number of sulfonamides is 1. The molecule has 0 aliphatic carbocycles. The van der Waals surface area contributed by atoms with Gasteiger partial charge in [0, 0.05) is 12.4 Å². The van der Waals surface area contributed by atoms with Gasteiger partial charge in [-0.1, -0.05) is 17.7 Å². The Morgan fingerprint density at radius 2 is 1.88 bits per heavy atom. The highest BCUT2D eigenvalue weighted by Crippen LogP contribution is 2.32. The molecule has 126 valence electrons. The molecule has 0 unspecified atom stereocenters. The van der Waals surface area contributed by atoms with Crippen LogP contribution in [0.2, 0.25) is 0 Å². The molecule has 6 nitrogen and oxygen atoms in total. The van der Waals surface area contributed by atoms with Crippen LogP contribution in [0, 0.1) is 6.92 Å². The van der Waals surface area contributed by atoms with E-state index in [1.807, 2.05) is 13.8 Å². The Bertz CT molecular complexity index is 976. The Labute approximate surface area is 141 Å². The van der Waals surface area contributed by atoms with Crippen molar-refractivity contribution in [1.82, 2.24) is 9.78 Å². The van der Waals surface area contributed by atoms with Crippen LogP contribution in [0.1, 0.15) is 12.5 Å². The van der Waals surface area contributed by atoms with Crippen LogP contribution in [0.25, 0.3) is 10.9 Å². The number of aryl methyl sites for hydroxylation is 2. The molecule has 1 aromatic heterocycles. The molecule has 0 saturated heterocycles. The summed E-state index contributed by atoms with van der Waals surface area (Å²) in [6.45, 7) is 4.33. The van der Waals surface area contributed by atoms with Crippen molar-refractivity contribution < 1.29 is 13.2 Å². The molecule has 0 aliphatic rings. The third-order valence-electron chi connectivity index (χ3n) is 3.74. The lowest BCUT2D eigenvalue weighted by Crippen LogP contribution is -2.13. The lowest BCUT2D eigenvalue weighted by Gasteiger charge is -2.12. The van der Waals surface area contributed by atoms with E-state index >= 15 is 0 Å². The summed E-state index contributed by atoms with van der Waals surface area (Å²) in [5, 5.41) is 4.91. The van der Waals surface area contributed by atoms with E-state index < -0.39 is 10.0 Å². The molecule has 3 aromatic rings. The van der Waals surface area contributed by atoms with Gasteiger partial charge in [-0.05, 0) is 38.1 Å². The Morgan fingerprint density at radius 1 is 1.17 bits per heavy atom. The molecule has 24 heavy (non-hydrogen) atoms. The molecule has 7 heteroatoms. The van der Waals surface area contributed by atoms with Crippen LogP contribution in [-0.2, 0) is 17.1 Å². The molecule has 0 bridgehead atoms. The highest BCUT2D eigenvalue weighted by atomic mass is 32.2. The van der Waals surface area contributed by atoms with Gasteiger partial charge in [-0.25, -0.2) is 8.42 Å². The molecule has 1 N–H and O–H groups in total. The van der Waals surface area contributed by atoms with E-state index in [0.29, 0.717) is 23.4 Å². The van der Waals surface area contributed by atoms with Crippen LogP contribution in [0.15, 0.2) is 47.5 Å². The first-order chi connectivity index (χ1) is 11.4. The normalized spacial score (nSPS) is 11.6. The van der Waals surface area contributed by atoms with Gasteiger partial charge < -0.3 is 4.74 Å². The van der Waals surface area contributed by atoms with Gasteiger partial charge in [0.05, 0.1) is 23.4 Å². The van der Waals surface area contributed by atoms with Gasteiger partial charge in [0.25, 0.3) is 10.0 Å². The van der Waals surface area contributed by atoms with E-state index in [0.717, 1.165) is 11.1 Å². The van der Waals surface area contributed by atoms with E-state index in [4.69, 9.17) is 4.74 Å². The maximum Gasteiger partial charge on any atom is 0.261 e. The lowest BCUT2D eigenvalue weighted by molar-refractivity contribution is 0.342. The molecular weight excluding hydrogens is 326 g/mol. The standard InChI is InChI=1S/C17H19N3O3S/c1-4-23-16-10-9-15(14-11-18-20(3)17(14)16)19-24(21,22)13-7-5-12(2)6-8-13/h5-11,19H,4H2,1-3H3. The summed E-state index contributed by atoms with van der Waals surface area (Å²) in [4.78, 5) is 0.221. The predicted octanol–water partition coefficient (Wildman–Crippen LogP) is 3.08. The minimum Gasteiger partial charge on any atom is -0.492 e. The van der Waals surface area contributed by atoms with Crippen LogP contribution in [0.3, 0.4) is 0 Å². The van der Waals surface area contributed by atoms with Crippen molar-refractivity contribution in [3.05, 3.63) is 48.2 Å². The van der Waals surface area contributed by atoms with Crippen molar-refractivity contribution in [2.75, 3.05) is 11.3 Å². The first-order valence-electron chi connectivity index (χ1n) is 7.59. The van der Waals surface area contributed by atoms with Gasteiger partial charge in [-0.3, -0.25) is 9.40 Å². The van der Waals surface area contributed by atoms with Crippen molar-refractivity contribution in [2.24, 2.45) is 7.05 Å². The third kappa shape index (κ3) is 2.94. The van der Waals surface area contributed by atoms with Gasteiger partial charge in [-0.2, -0.15) is 5.10 Å². The number of nitrogens with one attached hydrogen (secondary N) is 1. The summed E-state index contributed by atoms with van der Waals surface area (Å²) in [6, 6.07) is 10.2. The van der Waals surface area contributed by atoms with E-state index in [9.17, 15) is 8.42 Å². The largest absolute Gasteiger partial charge is 0.492 e. The van der Waals surface area contributed by atoms with Gasteiger partial charge in [0.2, 0.25) is 0 Å². The molecule has 1 heterocycles. The monoisotopic (exact) mass is 345 g/mol. The van der Waals surface area contributed by atoms with Crippen LogP contribution in [-0.4, -0.2) is 24.8 Å². The quantitative estimate of drug-likeness (QED) is 0.771. The summed E-state index contributed by atoms with van der Waals surface area (Å²) in [6.07, 6.45) is 1.63. The maximum atomic E-state index is 12.6. The Morgan fingerprint density at radius 3 is 2.54 bits per heavy atom. The fourth-order valence-electron chi connectivity index (χ4n) is 2.54. The molecule has 0 spiro atoms. The highest BCUT2D eigenvalue weighted by Gasteiger charge is 2.18. The highest BCUT2D eigenvalue weighted by molar-refractivity contribution is 7.92. The van der Waals surface area contributed by atoms with Gasteiger partial charge in [0.1, 0.15) is 11.3 Å². The zero-order chi connectivity index (χ0) is 17.3. The topological polar surface area (TPSA) is 73.2 Å². The Hall–Kier alpha value is -2.54. The fourth-order valence-corrected chi connectivity index (χ4v) is 3.62. The van der Waals surface area contributed by atoms with Crippen molar-refractivity contribution in [1.29, 1.82) is 0 Å². The average molecular weight is 345 g/mol. The van der Waals surface area contributed by atoms with Crippen molar-refractivity contribution in [3.8, 4) is 5.75 Å². The number of nitrogens with zero attached hydrogens (tertiary/aromatic N) is 2. The summed E-state index contributed by atoms with van der Waals surface area (Å²) < 4.78 is 35.1. The minimum atomic E-state index is -3.67. The van der Waals surface area contributed by atoms with Crippen molar-refractivity contribution >= 4 is 26.6 Å². The summed E-state index contributed by atoms with van der Waals surface area (Å²) in [5.41, 5.74) is 2.23. The maximum absolute atomic E-state index is 12.6. The SMILES string of the molecule is CCOc1ccc(NS(=O)(=O)c2ccc(C)cc2)c2cnn(C)c12. The second kappa shape index (κ2) is 6.16. The molecule has 0 atom stereocenters. The number of benzene rings is 2. The van der Waals surface area contributed by atoms with Crippen molar-refractivity contribution in [3.63, 3.8) is 0 Å². The third-order valence-corrected chi connectivity index (χ3v) is 5.12. The summed E-state index contributed by atoms with van der Waals surface area (Å²) in [5.74, 6) is 0.672. The number of hydrogen-bond donors (Lipinski definition) is 1. The molecule has 3 rings (SSSR count). The second-order valence-corrected chi connectivity index (χ2v) is 7.18. The van der Waals surface area contributed by atoms with E-state index in [1.54, 1.807) is 54.3 Å². The van der Waals surface area contributed by atoms with E-state index in [2.05, 4.69) is 9.82 Å². The lowest BCUT2D eigenvalue weighted by atomic mass is 10.2. The molecular formula is C17H19N3O3S. The number of anilines is 1. The van der Waals surface area contributed by atoms with Gasteiger partial charge in [-0.15, -0.1) is 0 Å². The Balaban J connectivity index is 2.04. The molecule has 2 aromatic carbocycles. The molecule has 0 aliphatic heterocycles. The van der Waals surface area contributed by atoms with Gasteiger partial charge in [0.15, 0.2) is 0 Å². The molecule has 0 saturated carbocycles. The minimum absolute atomic E-state index is 0.221. The molecule has 0 amide bonds. The average Bonchev–Trinajstić information content (AvgIpc) is 2.93. The zero-order valence-corrected chi connectivity index (χ0v) is 14.6. The molecule has 0 radical (unpaired) electrons. The summed E-state index contributed by atoms with van der Waals surface area (Å²) in [7, 11) is -1.87.